The molecule has 0 N–H and O–H groups in total. The van der Waals surface area contributed by atoms with Crippen LogP contribution in [0.2, 0.25) is 0 Å². The third-order valence-electron chi connectivity index (χ3n) is 6.48. The molecule has 0 aromatic heterocycles. The van der Waals surface area contributed by atoms with Crippen LogP contribution in [0.15, 0.2) is 74.5 Å². The SMILES string of the molecule is N#Cc1ccccc1COc1c(Br)cc(/C=C2\SC(=O)N(CC(=O)N3CCc4ccccc4C3)C2=O)cc1Br. The largest absolute Gasteiger partial charge is 0.486 e. The third-order valence-corrected chi connectivity index (χ3v) is 8.56. The number of nitriles is 1. The van der Waals surface area contributed by atoms with Gasteiger partial charge >= 0.3 is 0 Å². The Balaban J connectivity index is 1.26. The molecule has 2 aliphatic rings. The second-order valence-electron chi connectivity index (χ2n) is 8.97. The van der Waals surface area contributed by atoms with Gasteiger partial charge in [0.25, 0.3) is 11.1 Å². The van der Waals surface area contributed by atoms with Gasteiger partial charge in [-0.05, 0) is 91.0 Å². The molecule has 2 aliphatic heterocycles. The highest BCUT2D eigenvalue weighted by atomic mass is 79.9. The zero-order valence-electron chi connectivity index (χ0n) is 20.5. The molecule has 0 bridgehead atoms. The lowest BCUT2D eigenvalue weighted by Crippen LogP contribution is -2.44. The molecule has 196 valence electrons. The van der Waals surface area contributed by atoms with Gasteiger partial charge in [-0.25, -0.2) is 0 Å². The molecule has 0 unspecified atom stereocenters. The number of hydrogen-bond acceptors (Lipinski definition) is 6. The predicted octanol–water partition coefficient (Wildman–Crippen LogP) is 6.28. The highest BCUT2D eigenvalue weighted by molar-refractivity contribution is 9.11. The molecular formula is C29H21Br2N3O4S. The number of hydrogen-bond donors (Lipinski definition) is 0. The minimum Gasteiger partial charge on any atom is -0.486 e. The molecule has 0 radical (unpaired) electrons. The number of benzene rings is 3. The summed E-state index contributed by atoms with van der Waals surface area (Å²) in [7, 11) is 0. The van der Waals surface area contributed by atoms with E-state index in [1.807, 2.05) is 30.3 Å². The summed E-state index contributed by atoms with van der Waals surface area (Å²) in [6.45, 7) is 0.949. The monoisotopic (exact) mass is 665 g/mol. The van der Waals surface area contributed by atoms with E-state index in [1.165, 1.54) is 5.56 Å². The van der Waals surface area contributed by atoms with Crippen molar-refractivity contribution in [1.29, 1.82) is 5.26 Å². The highest BCUT2D eigenvalue weighted by Gasteiger charge is 2.37. The average Bonchev–Trinajstić information content (AvgIpc) is 3.19. The summed E-state index contributed by atoms with van der Waals surface area (Å²) in [5, 5.41) is 8.83. The average molecular weight is 667 g/mol. The summed E-state index contributed by atoms with van der Waals surface area (Å²) in [5.74, 6) is -0.198. The second kappa shape index (κ2) is 11.8. The van der Waals surface area contributed by atoms with Gasteiger partial charge < -0.3 is 9.64 Å². The first-order chi connectivity index (χ1) is 18.8. The standard InChI is InChI=1S/C29H21Br2N3O4S/c30-23-11-18(12-24(31)27(23)38-17-22-8-4-2-6-20(22)14-32)13-25-28(36)34(29(37)39-25)16-26(35)33-10-9-19-5-1-3-7-21(19)15-33/h1-8,11-13H,9-10,15-17H2/b25-13-. The van der Waals surface area contributed by atoms with Crippen LogP contribution >= 0.6 is 43.6 Å². The van der Waals surface area contributed by atoms with E-state index in [-0.39, 0.29) is 24.0 Å². The number of halogens is 2. The highest BCUT2D eigenvalue weighted by Crippen LogP contribution is 2.38. The van der Waals surface area contributed by atoms with Crippen LogP contribution in [0.3, 0.4) is 0 Å². The maximum atomic E-state index is 13.1. The van der Waals surface area contributed by atoms with E-state index in [1.54, 1.807) is 35.2 Å². The van der Waals surface area contributed by atoms with Crippen molar-refractivity contribution in [3.8, 4) is 11.8 Å². The van der Waals surface area contributed by atoms with Crippen molar-refractivity contribution in [3.05, 3.63) is 102 Å². The smallest absolute Gasteiger partial charge is 0.294 e. The molecule has 0 aliphatic carbocycles. The molecule has 1 fully saturated rings. The Morgan fingerprint density at radius 3 is 2.49 bits per heavy atom. The lowest BCUT2D eigenvalue weighted by molar-refractivity contribution is -0.136. The summed E-state index contributed by atoms with van der Waals surface area (Å²) in [6.07, 6.45) is 2.37. The lowest BCUT2D eigenvalue weighted by atomic mass is 10.00. The van der Waals surface area contributed by atoms with E-state index in [0.29, 0.717) is 38.9 Å². The minimum absolute atomic E-state index is 0.204. The van der Waals surface area contributed by atoms with Crippen LogP contribution in [0.5, 0.6) is 5.75 Å². The molecule has 3 aromatic rings. The van der Waals surface area contributed by atoms with E-state index >= 15 is 0 Å². The number of imide groups is 1. The molecule has 1 saturated heterocycles. The first-order valence-corrected chi connectivity index (χ1v) is 14.4. The molecular weight excluding hydrogens is 646 g/mol. The van der Waals surface area contributed by atoms with Crippen LogP contribution in [0, 0.1) is 11.3 Å². The second-order valence-corrected chi connectivity index (χ2v) is 11.7. The topological polar surface area (TPSA) is 90.7 Å². The van der Waals surface area contributed by atoms with Gasteiger partial charge in [-0.2, -0.15) is 5.26 Å². The number of ether oxygens (including phenoxy) is 1. The zero-order chi connectivity index (χ0) is 27.5. The van der Waals surface area contributed by atoms with Crippen molar-refractivity contribution in [3.63, 3.8) is 0 Å². The van der Waals surface area contributed by atoms with Gasteiger partial charge in [0.2, 0.25) is 5.91 Å². The Morgan fingerprint density at radius 1 is 1.05 bits per heavy atom. The van der Waals surface area contributed by atoms with Gasteiger partial charge in [-0.1, -0.05) is 42.5 Å². The van der Waals surface area contributed by atoms with Crippen LogP contribution < -0.4 is 4.74 Å². The molecule has 0 atom stereocenters. The van der Waals surface area contributed by atoms with Gasteiger partial charge in [0, 0.05) is 18.7 Å². The number of amides is 3. The number of thioether (sulfide) groups is 1. The van der Waals surface area contributed by atoms with E-state index in [9.17, 15) is 19.6 Å². The number of carbonyl (C=O) groups excluding carboxylic acids is 3. The van der Waals surface area contributed by atoms with Crippen LogP contribution in [0.25, 0.3) is 6.08 Å². The third kappa shape index (κ3) is 5.96. The fourth-order valence-corrected chi connectivity index (χ4v) is 6.73. The summed E-state index contributed by atoms with van der Waals surface area (Å²) in [5.41, 5.74) is 4.28. The maximum Gasteiger partial charge on any atom is 0.294 e. The summed E-state index contributed by atoms with van der Waals surface area (Å²) in [4.78, 5) is 41.6. The van der Waals surface area contributed by atoms with E-state index in [4.69, 9.17) is 4.74 Å². The summed E-state index contributed by atoms with van der Waals surface area (Å²) in [6, 6.07) is 20.9. The summed E-state index contributed by atoms with van der Waals surface area (Å²) < 4.78 is 7.23. The fourth-order valence-electron chi connectivity index (χ4n) is 4.44. The molecule has 2 heterocycles. The Bertz CT molecular complexity index is 1540. The summed E-state index contributed by atoms with van der Waals surface area (Å²) >= 11 is 7.85. The van der Waals surface area contributed by atoms with Crippen molar-refractivity contribution in [1.82, 2.24) is 9.80 Å². The van der Waals surface area contributed by atoms with Crippen molar-refractivity contribution in [2.75, 3.05) is 13.1 Å². The molecule has 3 aromatic carbocycles. The zero-order valence-corrected chi connectivity index (χ0v) is 24.5. The first-order valence-electron chi connectivity index (χ1n) is 12.0. The van der Waals surface area contributed by atoms with Gasteiger partial charge in [0.1, 0.15) is 18.9 Å². The molecule has 0 saturated carbocycles. The van der Waals surface area contributed by atoms with E-state index < -0.39 is 11.1 Å². The van der Waals surface area contributed by atoms with E-state index in [0.717, 1.165) is 34.2 Å². The molecule has 7 nitrogen and oxygen atoms in total. The Morgan fingerprint density at radius 2 is 1.74 bits per heavy atom. The molecule has 5 rings (SSSR count). The van der Waals surface area contributed by atoms with Crippen molar-refractivity contribution in [2.45, 2.75) is 19.6 Å². The molecule has 3 amide bonds. The van der Waals surface area contributed by atoms with Gasteiger partial charge in [0.15, 0.2) is 0 Å². The van der Waals surface area contributed by atoms with Crippen molar-refractivity contribution in [2.24, 2.45) is 0 Å². The van der Waals surface area contributed by atoms with Crippen LogP contribution in [0.1, 0.15) is 27.8 Å². The van der Waals surface area contributed by atoms with Crippen LogP contribution in [-0.2, 0) is 29.2 Å². The Labute approximate surface area is 246 Å². The number of rotatable bonds is 6. The van der Waals surface area contributed by atoms with Crippen LogP contribution in [0.4, 0.5) is 4.79 Å². The quantitative estimate of drug-likeness (QED) is 0.288. The number of carbonyl (C=O) groups is 3. The maximum absolute atomic E-state index is 13.1. The first kappa shape index (κ1) is 27.2. The fraction of sp³-hybridized carbons (Fsp3) is 0.172. The van der Waals surface area contributed by atoms with E-state index in [2.05, 4.69) is 44.0 Å². The normalized spacial score (nSPS) is 15.9. The predicted molar refractivity (Wildman–Crippen MR) is 156 cm³/mol. The van der Waals surface area contributed by atoms with Crippen LogP contribution in [-0.4, -0.2) is 39.9 Å². The molecule has 10 heteroatoms. The number of fused-ring (bicyclic) bond motifs is 1. The minimum atomic E-state index is -0.489. The lowest BCUT2D eigenvalue weighted by Gasteiger charge is -2.29. The van der Waals surface area contributed by atoms with Gasteiger partial charge in [0.05, 0.1) is 25.5 Å². The molecule has 39 heavy (non-hydrogen) atoms. The van der Waals surface area contributed by atoms with Crippen molar-refractivity contribution < 1.29 is 19.1 Å². The Hall–Kier alpha value is -3.39. The van der Waals surface area contributed by atoms with Crippen molar-refractivity contribution >= 4 is 66.8 Å². The number of nitrogens with zero attached hydrogens (tertiary/aromatic N) is 3. The Kier molecular flexibility index (Phi) is 8.21. The van der Waals surface area contributed by atoms with Gasteiger partial charge in [-0.15, -0.1) is 0 Å². The van der Waals surface area contributed by atoms with Gasteiger partial charge in [-0.3, -0.25) is 19.3 Å². The molecule has 0 spiro atoms.